The summed E-state index contributed by atoms with van der Waals surface area (Å²) in [6.45, 7) is 0. The van der Waals surface area contributed by atoms with Gasteiger partial charge in [-0.25, -0.2) is 8.78 Å². The van der Waals surface area contributed by atoms with Crippen molar-refractivity contribution in [1.82, 2.24) is 0 Å². The fourth-order valence-corrected chi connectivity index (χ4v) is 1.30. The molecule has 1 atom stereocenters. The molecule has 0 heterocycles. The van der Waals surface area contributed by atoms with Crippen molar-refractivity contribution in [3.63, 3.8) is 0 Å². The van der Waals surface area contributed by atoms with Crippen molar-refractivity contribution in [1.29, 1.82) is 0 Å². The van der Waals surface area contributed by atoms with Gasteiger partial charge in [-0.2, -0.15) is 0 Å². The average molecular weight is 231 g/mol. The van der Waals surface area contributed by atoms with Crippen molar-refractivity contribution in [2.24, 2.45) is 5.73 Å². The van der Waals surface area contributed by atoms with E-state index in [4.69, 9.17) is 10.8 Å². The van der Waals surface area contributed by atoms with Gasteiger partial charge >= 0.3 is 5.97 Å². The van der Waals surface area contributed by atoms with Gasteiger partial charge in [-0.05, 0) is 12.5 Å². The van der Waals surface area contributed by atoms with Gasteiger partial charge in [0.1, 0.15) is 5.82 Å². The van der Waals surface area contributed by atoms with Crippen LogP contribution in [0.1, 0.15) is 24.4 Å². The molecule has 0 bridgehead atoms. The molecule has 4 nitrogen and oxygen atoms in total. The number of hydrogen-bond acceptors (Lipinski definition) is 3. The zero-order valence-corrected chi connectivity index (χ0v) is 8.28. The normalized spacial score (nSPS) is 12.4. The number of carboxylic acid groups (broad SMARTS) is 1. The Morgan fingerprint density at radius 3 is 2.62 bits per heavy atom. The average Bonchev–Trinajstić information content (AvgIpc) is 2.19. The lowest BCUT2D eigenvalue weighted by molar-refractivity contribution is -0.137. The molecule has 1 unspecified atom stereocenters. The lowest BCUT2D eigenvalue weighted by Gasteiger charge is -2.13. The van der Waals surface area contributed by atoms with Gasteiger partial charge in [0.25, 0.3) is 0 Å². The number of hydrogen-bond donors (Lipinski definition) is 3. The van der Waals surface area contributed by atoms with Gasteiger partial charge in [0.2, 0.25) is 0 Å². The molecule has 4 N–H and O–H groups in total. The zero-order valence-electron chi connectivity index (χ0n) is 8.28. The molecule has 0 radical (unpaired) electrons. The molecule has 1 aromatic rings. The molecule has 0 aliphatic rings. The Labute approximate surface area is 90.3 Å². The van der Waals surface area contributed by atoms with E-state index in [0.717, 1.165) is 6.07 Å². The smallest absolute Gasteiger partial charge is 0.303 e. The molecule has 0 saturated carbocycles. The number of aromatic hydroxyl groups is 1. The minimum atomic E-state index is -1.11. The zero-order chi connectivity index (χ0) is 12.3. The minimum Gasteiger partial charge on any atom is -0.505 e. The maximum atomic E-state index is 12.9. The molecule has 0 aliphatic carbocycles. The van der Waals surface area contributed by atoms with E-state index in [0.29, 0.717) is 6.07 Å². The van der Waals surface area contributed by atoms with Crippen LogP contribution in [-0.2, 0) is 4.79 Å². The summed E-state index contributed by atoms with van der Waals surface area (Å²) in [4.78, 5) is 10.3. The number of halogens is 2. The number of rotatable bonds is 4. The van der Waals surface area contributed by atoms with E-state index in [-0.39, 0.29) is 18.4 Å². The quantitative estimate of drug-likeness (QED) is 0.733. The number of benzene rings is 1. The topological polar surface area (TPSA) is 83.6 Å². The number of phenolic OH excluding ortho intramolecular Hbond substituents is 1. The Morgan fingerprint density at radius 1 is 1.44 bits per heavy atom. The van der Waals surface area contributed by atoms with Gasteiger partial charge in [0.15, 0.2) is 11.6 Å². The highest BCUT2D eigenvalue weighted by Crippen LogP contribution is 2.29. The summed E-state index contributed by atoms with van der Waals surface area (Å²) < 4.78 is 25.8. The van der Waals surface area contributed by atoms with Gasteiger partial charge in [-0.3, -0.25) is 4.79 Å². The van der Waals surface area contributed by atoms with Crippen molar-refractivity contribution >= 4 is 5.97 Å². The van der Waals surface area contributed by atoms with Gasteiger partial charge in [-0.15, -0.1) is 0 Å². The first-order valence-electron chi connectivity index (χ1n) is 4.57. The Hall–Kier alpha value is -1.69. The van der Waals surface area contributed by atoms with Crippen LogP contribution < -0.4 is 5.73 Å². The van der Waals surface area contributed by atoms with Crippen LogP contribution in [0, 0.1) is 11.6 Å². The van der Waals surface area contributed by atoms with Crippen molar-refractivity contribution in [3.8, 4) is 5.75 Å². The third kappa shape index (κ3) is 2.90. The standard InChI is InChI=1S/C10H11F2NO3/c11-5-3-6(10(16)7(12)4-5)8(13)1-2-9(14)15/h3-4,8,16H,1-2,13H2,(H,14,15). The van der Waals surface area contributed by atoms with Crippen LogP contribution in [-0.4, -0.2) is 16.2 Å². The monoisotopic (exact) mass is 231 g/mol. The first-order valence-corrected chi connectivity index (χ1v) is 4.57. The SMILES string of the molecule is NC(CCC(=O)O)c1cc(F)cc(F)c1O. The first-order chi connectivity index (χ1) is 7.41. The lowest BCUT2D eigenvalue weighted by Crippen LogP contribution is -2.13. The van der Waals surface area contributed by atoms with Crippen LogP contribution in [0.4, 0.5) is 8.78 Å². The number of phenols is 1. The fraction of sp³-hybridized carbons (Fsp3) is 0.300. The number of aliphatic carboxylic acids is 1. The summed E-state index contributed by atoms with van der Waals surface area (Å²) in [6.07, 6.45) is -0.246. The largest absolute Gasteiger partial charge is 0.505 e. The summed E-state index contributed by atoms with van der Waals surface area (Å²) in [5, 5.41) is 17.7. The van der Waals surface area contributed by atoms with Crippen LogP contribution in [0.15, 0.2) is 12.1 Å². The van der Waals surface area contributed by atoms with E-state index in [2.05, 4.69) is 0 Å². The van der Waals surface area contributed by atoms with Gasteiger partial charge < -0.3 is 15.9 Å². The van der Waals surface area contributed by atoms with E-state index in [1.807, 2.05) is 0 Å². The maximum Gasteiger partial charge on any atom is 0.303 e. The molecule has 88 valence electrons. The molecule has 0 aromatic heterocycles. The molecule has 0 fully saturated rings. The second kappa shape index (κ2) is 4.89. The van der Waals surface area contributed by atoms with Gasteiger partial charge in [-0.1, -0.05) is 0 Å². The van der Waals surface area contributed by atoms with E-state index >= 15 is 0 Å². The summed E-state index contributed by atoms with van der Waals surface area (Å²) in [6, 6.07) is 0.509. The summed E-state index contributed by atoms with van der Waals surface area (Å²) >= 11 is 0. The predicted molar refractivity (Wildman–Crippen MR) is 51.8 cm³/mol. The maximum absolute atomic E-state index is 12.9. The fourth-order valence-electron chi connectivity index (χ4n) is 1.30. The van der Waals surface area contributed by atoms with Crippen LogP contribution >= 0.6 is 0 Å². The van der Waals surface area contributed by atoms with E-state index in [1.54, 1.807) is 0 Å². The lowest BCUT2D eigenvalue weighted by atomic mass is 10.0. The third-order valence-corrected chi connectivity index (χ3v) is 2.13. The molecule has 0 saturated heterocycles. The molecule has 1 rings (SSSR count). The highest BCUT2D eigenvalue weighted by Gasteiger charge is 2.17. The Balaban J connectivity index is 2.90. The summed E-state index contributed by atoms with van der Waals surface area (Å²) in [7, 11) is 0. The highest BCUT2D eigenvalue weighted by atomic mass is 19.1. The van der Waals surface area contributed by atoms with Crippen molar-refractivity contribution in [2.75, 3.05) is 0 Å². The summed E-state index contributed by atoms with van der Waals surface area (Å²) in [5.74, 6) is -3.78. The van der Waals surface area contributed by atoms with E-state index < -0.39 is 29.4 Å². The first kappa shape index (κ1) is 12.4. The second-order valence-electron chi connectivity index (χ2n) is 3.36. The van der Waals surface area contributed by atoms with Gasteiger partial charge in [0.05, 0.1) is 0 Å². The third-order valence-electron chi connectivity index (χ3n) is 2.13. The number of carboxylic acids is 1. The molecular formula is C10H11F2NO3. The molecule has 0 spiro atoms. The molecule has 1 aromatic carbocycles. The molecular weight excluding hydrogens is 220 g/mol. The Bertz CT molecular complexity index is 409. The van der Waals surface area contributed by atoms with Gasteiger partial charge in [0, 0.05) is 24.1 Å². The number of nitrogens with two attached hydrogens (primary N) is 1. The van der Waals surface area contributed by atoms with Crippen LogP contribution in [0.5, 0.6) is 5.75 Å². The Morgan fingerprint density at radius 2 is 2.06 bits per heavy atom. The molecule has 16 heavy (non-hydrogen) atoms. The van der Waals surface area contributed by atoms with Crippen molar-refractivity contribution < 1.29 is 23.8 Å². The summed E-state index contributed by atoms with van der Waals surface area (Å²) in [5.41, 5.74) is 5.40. The molecule has 0 aliphatic heterocycles. The van der Waals surface area contributed by atoms with Crippen molar-refractivity contribution in [2.45, 2.75) is 18.9 Å². The van der Waals surface area contributed by atoms with Crippen molar-refractivity contribution in [3.05, 3.63) is 29.3 Å². The number of carbonyl (C=O) groups is 1. The minimum absolute atomic E-state index is 0.00815. The van der Waals surface area contributed by atoms with E-state index in [9.17, 15) is 18.7 Å². The molecule has 0 amide bonds. The molecule has 6 heteroatoms. The second-order valence-corrected chi connectivity index (χ2v) is 3.36. The van der Waals surface area contributed by atoms with Crippen LogP contribution in [0.3, 0.4) is 0 Å². The van der Waals surface area contributed by atoms with E-state index in [1.165, 1.54) is 0 Å². The predicted octanol–water partition coefficient (Wildman–Crippen LogP) is 1.53. The van der Waals surface area contributed by atoms with Crippen LogP contribution in [0.25, 0.3) is 0 Å². The van der Waals surface area contributed by atoms with Crippen LogP contribution in [0.2, 0.25) is 0 Å². The Kier molecular flexibility index (Phi) is 3.78. The highest BCUT2D eigenvalue weighted by molar-refractivity contribution is 5.66.